The van der Waals surface area contributed by atoms with Crippen molar-refractivity contribution < 1.29 is 23.8 Å². The summed E-state index contributed by atoms with van der Waals surface area (Å²) < 4.78 is 16.7. The Morgan fingerprint density at radius 2 is 1.74 bits per heavy atom. The van der Waals surface area contributed by atoms with Crippen LogP contribution in [0.25, 0.3) is 0 Å². The molecule has 1 fully saturated rings. The largest absolute Gasteiger partial charge is 0.454 e. The Morgan fingerprint density at radius 1 is 0.953 bits per heavy atom. The number of amides is 2. The van der Waals surface area contributed by atoms with E-state index in [0.29, 0.717) is 58.7 Å². The van der Waals surface area contributed by atoms with E-state index in [4.69, 9.17) is 19.2 Å². The minimum atomic E-state index is -1.17. The Hall–Kier alpha value is -5.29. The van der Waals surface area contributed by atoms with Gasteiger partial charge in [-0.15, -0.1) is 0 Å². The first-order valence-electron chi connectivity index (χ1n) is 14.0. The molecule has 1 N–H and O–H groups in total. The molecule has 3 aromatic carbocycles. The monoisotopic (exact) mass is 576 g/mol. The number of morpholine rings is 1. The zero-order valence-electron chi connectivity index (χ0n) is 23.4. The average molecular weight is 577 g/mol. The molecule has 0 saturated carbocycles. The molecule has 0 spiro atoms. The number of hydrogen-bond acceptors (Lipinski definition) is 9. The second kappa shape index (κ2) is 11.2. The first-order chi connectivity index (χ1) is 21.0. The van der Waals surface area contributed by atoms with Crippen LogP contribution in [0.5, 0.6) is 11.5 Å². The summed E-state index contributed by atoms with van der Waals surface area (Å²) in [5, 5.41) is 2.99. The first-order valence-corrected chi connectivity index (χ1v) is 14.0. The van der Waals surface area contributed by atoms with Crippen molar-refractivity contribution in [3.63, 3.8) is 0 Å². The Morgan fingerprint density at radius 3 is 2.53 bits per heavy atom. The maximum Gasteiger partial charge on any atom is 0.279 e. The van der Waals surface area contributed by atoms with Crippen molar-refractivity contribution in [2.24, 2.45) is 4.99 Å². The van der Waals surface area contributed by atoms with E-state index in [1.54, 1.807) is 25.1 Å². The van der Waals surface area contributed by atoms with Gasteiger partial charge >= 0.3 is 0 Å². The molecule has 43 heavy (non-hydrogen) atoms. The van der Waals surface area contributed by atoms with E-state index < -0.39 is 17.9 Å². The molecular weight excluding hydrogens is 548 g/mol. The molecule has 1 saturated heterocycles. The van der Waals surface area contributed by atoms with Crippen LogP contribution >= 0.6 is 0 Å². The minimum Gasteiger partial charge on any atom is -0.454 e. The Kier molecular flexibility index (Phi) is 6.92. The molecule has 1 aromatic heterocycles. The first kappa shape index (κ1) is 26.6. The van der Waals surface area contributed by atoms with E-state index in [1.165, 1.54) is 17.3 Å². The van der Waals surface area contributed by atoms with Crippen molar-refractivity contribution in [3.05, 3.63) is 96.1 Å². The number of para-hydroxylation sites is 2. The fraction of sp³-hybridized carbons (Fsp3) is 0.219. The second-order valence-corrected chi connectivity index (χ2v) is 10.3. The topological polar surface area (TPSA) is 118 Å². The Bertz CT molecular complexity index is 1720. The summed E-state index contributed by atoms with van der Waals surface area (Å²) in [5.41, 5.74) is 4.35. The lowest BCUT2D eigenvalue weighted by atomic mass is 9.99. The van der Waals surface area contributed by atoms with Crippen molar-refractivity contribution in [3.8, 4) is 11.5 Å². The van der Waals surface area contributed by atoms with Crippen molar-refractivity contribution >= 4 is 40.3 Å². The molecule has 3 aliphatic rings. The number of aromatic nitrogens is 2. The number of aryl methyl sites for hydroxylation is 1. The lowest BCUT2D eigenvalue weighted by Gasteiger charge is -2.32. The summed E-state index contributed by atoms with van der Waals surface area (Å²) in [6.07, 6.45) is 2.95. The van der Waals surface area contributed by atoms with Crippen LogP contribution in [-0.2, 0) is 9.53 Å². The third kappa shape index (κ3) is 5.15. The van der Waals surface area contributed by atoms with Crippen molar-refractivity contribution in [2.75, 3.05) is 48.2 Å². The van der Waals surface area contributed by atoms with Gasteiger partial charge in [0, 0.05) is 36.2 Å². The van der Waals surface area contributed by atoms with Gasteiger partial charge in [0.2, 0.25) is 6.79 Å². The molecule has 0 aliphatic carbocycles. The van der Waals surface area contributed by atoms with E-state index in [0.717, 1.165) is 18.8 Å². The molecule has 7 rings (SSSR count). The molecule has 11 heteroatoms. The van der Waals surface area contributed by atoms with Gasteiger partial charge in [-0.25, -0.2) is 9.98 Å². The molecule has 4 aromatic rings. The molecular formula is C32H28N6O5. The lowest BCUT2D eigenvalue weighted by molar-refractivity contribution is -0.116. The minimum absolute atomic E-state index is 0.0995. The molecule has 3 aliphatic heterocycles. The van der Waals surface area contributed by atoms with Crippen LogP contribution in [0, 0.1) is 6.92 Å². The summed E-state index contributed by atoms with van der Waals surface area (Å²) in [6.45, 7) is 4.73. The van der Waals surface area contributed by atoms with E-state index in [9.17, 15) is 9.59 Å². The third-order valence-electron chi connectivity index (χ3n) is 7.56. The van der Waals surface area contributed by atoms with Gasteiger partial charge in [0.25, 0.3) is 11.8 Å². The molecule has 2 amide bonds. The van der Waals surface area contributed by atoms with Crippen molar-refractivity contribution in [1.29, 1.82) is 0 Å². The Balaban J connectivity index is 1.38. The van der Waals surface area contributed by atoms with Crippen LogP contribution in [0.3, 0.4) is 0 Å². The SMILES string of the molecule is Cc1cnc(C(=O)N(c2ccc(N3CCOCC3)cc2)C2C(=O)Nc3ccccc3N=C2c2ccc3c(c2)OCO3)cn1. The highest BCUT2D eigenvalue weighted by Crippen LogP contribution is 2.37. The molecule has 1 unspecified atom stereocenters. The molecule has 4 heterocycles. The number of fused-ring (bicyclic) bond motifs is 2. The zero-order valence-corrected chi connectivity index (χ0v) is 23.4. The van der Waals surface area contributed by atoms with Crippen LogP contribution in [0.15, 0.2) is 84.1 Å². The van der Waals surface area contributed by atoms with Gasteiger partial charge in [-0.1, -0.05) is 12.1 Å². The number of anilines is 3. The summed E-state index contributed by atoms with van der Waals surface area (Å²) in [6, 6.07) is 19.1. The number of carbonyl (C=O) groups is 2. The fourth-order valence-electron chi connectivity index (χ4n) is 5.37. The molecule has 216 valence electrons. The van der Waals surface area contributed by atoms with Gasteiger partial charge in [0.05, 0.1) is 42.2 Å². The predicted molar refractivity (Wildman–Crippen MR) is 161 cm³/mol. The molecule has 0 bridgehead atoms. The highest BCUT2D eigenvalue weighted by Gasteiger charge is 2.39. The normalized spacial score (nSPS) is 17.4. The molecule has 11 nitrogen and oxygen atoms in total. The number of rotatable bonds is 5. The van der Waals surface area contributed by atoms with Gasteiger partial charge < -0.3 is 24.4 Å². The lowest BCUT2D eigenvalue weighted by Crippen LogP contribution is -2.52. The summed E-state index contributed by atoms with van der Waals surface area (Å²) >= 11 is 0. The summed E-state index contributed by atoms with van der Waals surface area (Å²) in [5.74, 6) is 0.216. The number of nitrogens with zero attached hydrogens (tertiary/aromatic N) is 5. The van der Waals surface area contributed by atoms with Crippen LogP contribution in [0.1, 0.15) is 21.7 Å². The summed E-state index contributed by atoms with van der Waals surface area (Å²) in [4.78, 5) is 45.9. The van der Waals surface area contributed by atoms with Gasteiger partial charge in [-0.05, 0) is 61.5 Å². The fourth-order valence-corrected chi connectivity index (χ4v) is 5.37. The smallest absolute Gasteiger partial charge is 0.279 e. The third-order valence-corrected chi connectivity index (χ3v) is 7.56. The number of aliphatic imine (C=N–C) groups is 1. The number of carbonyl (C=O) groups excluding carboxylic acids is 2. The standard InChI is InChI=1S/C32H28N6O5/c1-20-17-34-26(18-33-20)32(40)38(23-9-7-22(8-10-23)37-12-14-41-15-13-37)30-29(21-6-11-27-28(16-21)43-19-42-27)35-24-4-2-3-5-25(24)36-31(30)39/h2-11,16-18,30H,12-15,19H2,1H3,(H,36,39). The van der Waals surface area contributed by atoms with Crippen LogP contribution in [0.4, 0.5) is 22.7 Å². The maximum absolute atomic E-state index is 14.4. The van der Waals surface area contributed by atoms with Gasteiger partial charge in [-0.3, -0.25) is 19.5 Å². The number of hydrogen-bond donors (Lipinski definition) is 1. The van der Waals surface area contributed by atoms with Crippen molar-refractivity contribution in [1.82, 2.24) is 9.97 Å². The predicted octanol–water partition coefficient (Wildman–Crippen LogP) is 4.14. The van der Waals surface area contributed by atoms with Gasteiger partial charge in [-0.2, -0.15) is 0 Å². The van der Waals surface area contributed by atoms with Crippen molar-refractivity contribution in [2.45, 2.75) is 13.0 Å². The molecule has 1 atom stereocenters. The van der Waals surface area contributed by atoms with Crippen LogP contribution in [0.2, 0.25) is 0 Å². The Labute approximate surface area is 247 Å². The summed E-state index contributed by atoms with van der Waals surface area (Å²) in [7, 11) is 0. The molecule has 0 radical (unpaired) electrons. The van der Waals surface area contributed by atoms with Gasteiger partial charge in [0.15, 0.2) is 17.5 Å². The van der Waals surface area contributed by atoms with Gasteiger partial charge in [0.1, 0.15) is 5.69 Å². The van der Waals surface area contributed by atoms with E-state index in [1.807, 2.05) is 48.5 Å². The average Bonchev–Trinajstić information content (AvgIpc) is 3.46. The second-order valence-electron chi connectivity index (χ2n) is 10.3. The number of ether oxygens (including phenoxy) is 3. The van der Waals surface area contributed by atoms with Crippen LogP contribution < -0.4 is 24.6 Å². The van der Waals surface area contributed by atoms with Crippen LogP contribution in [-0.4, -0.2) is 66.6 Å². The number of benzene rings is 3. The highest BCUT2D eigenvalue weighted by molar-refractivity contribution is 6.28. The quantitative estimate of drug-likeness (QED) is 0.377. The van der Waals surface area contributed by atoms with E-state index >= 15 is 0 Å². The maximum atomic E-state index is 14.4. The highest BCUT2D eigenvalue weighted by atomic mass is 16.7. The zero-order chi connectivity index (χ0) is 29.3. The van der Waals surface area contributed by atoms with E-state index in [2.05, 4.69) is 20.2 Å². The number of nitrogens with one attached hydrogen (secondary N) is 1. The van der Waals surface area contributed by atoms with E-state index in [-0.39, 0.29) is 12.5 Å².